The largest absolute Gasteiger partial charge is 0.381 e. The molecule has 2 rings (SSSR count). The molecule has 102 valence electrons. The van der Waals surface area contributed by atoms with E-state index in [1.165, 1.54) is 6.42 Å². The lowest BCUT2D eigenvalue weighted by Gasteiger charge is -2.40. The van der Waals surface area contributed by atoms with Gasteiger partial charge in [-0.05, 0) is 37.1 Å². The van der Waals surface area contributed by atoms with Gasteiger partial charge >= 0.3 is 0 Å². The van der Waals surface area contributed by atoms with Gasteiger partial charge in [0.2, 0.25) is 0 Å². The second kappa shape index (κ2) is 6.31. The average Bonchev–Trinajstić information content (AvgIpc) is 2.38. The van der Waals surface area contributed by atoms with Gasteiger partial charge in [0.1, 0.15) is 6.07 Å². The van der Waals surface area contributed by atoms with Gasteiger partial charge in [-0.3, -0.25) is 0 Å². The number of nitrogens with zero attached hydrogens (tertiary/aromatic N) is 1. The summed E-state index contributed by atoms with van der Waals surface area (Å²) in [5, 5.41) is 12.7. The summed E-state index contributed by atoms with van der Waals surface area (Å²) in [6.07, 6.45) is 3.43. The van der Waals surface area contributed by atoms with E-state index in [-0.39, 0.29) is 5.60 Å². The molecule has 1 saturated carbocycles. The highest BCUT2D eigenvalue weighted by molar-refractivity contribution is 7.99. The molecule has 0 bridgehead atoms. The van der Waals surface area contributed by atoms with Crippen LogP contribution in [0, 0.1) is 11.3 Å². The predicted molar refractivity (Wildman–Crippen MR) is 79.6 cm³/mol. The third-order valence-corrected chi connectivity index (χ3v) is 4.68. The number of methoxy groups -OCH3 is 1. The van der Waals surface area contributed by atoms with Gasteiger partial charge in [0.25, 0.3) is 0 Å². The number of hydrogen-bond donors (Lipinski definition) is 1. The van der Waals surface area contributed by atoms with Crippen LogP contribution in [0.5, 0.6) is 0 Å². The van der Waals surface area contributed by atoms with Crippen LogP contribution in [0.2, 0.25) is 0 Å². The van der Waals surface area contributed by atoms with E-state index in [0.29, 0.717) is 0 Å². The van der Waals surface area contributed by atoms with Crippen molar-refractivity contribution >= 4 is 17.4 Å². The van der Waals surface area contributed by atoms with Crippen LogP contribution in [0.15, 0.2) is 23.1 Å². The van der Waals surface area contributed by atoms with E-state index >= 15 is 0 Å². The lowest BCUT2D eigenvalue weighted by atomic mass is 9.80. The van der Waals surface area contributed by atoms with Crippen LogP contribution in [0.3, 0.4) is 0 Å². The number of nitriles is 1. The molecule has 0 aromatic heterocycles. The van der Waals surface area contributed by atoms with Crippen molar-refractivity contribution in [1.82, 2.24) is 0 Å². The first-order valence-corrected chi connectivity index (χ1v) is 7.68. The summed E-state index contributed by atoms with van der Waals surface area (Å²) in [6.45, 7) is 2.87. The van der Waals surface area contributed by atoms with Crippen molar-refractivity contribution in [1.29, 1.82) is 5.26 Å². The predicted octanol–water partition coefficient (Wildman–Crippen LogP) is 3.65. The third kappa shape index (κ3) is 3.05. The van der Waals surface area contributed by atoms with Crippen LogP contribution >= 0.6 is 11.8 Å². The van der Waals surface area contributed by atoms with Crippen LogP contribution in [0.4, 0.5) is 5.69 Å². The standard InChI is InChI=1S/C15H20N2OS/c1-3-19-14-7-4-6-13(12(14)10-16)17-11-15(18-2)8-5-9-15/h4,6-7,17H,3,5,8-9,11H2,1-2H3. The molecule has 0 spiro atoms. The Bertz CT molecular complexity index is 472. The van der Waals surface area contributed by atoms with Gasteiger partial charge in [0, 0.05) is 18.6 Å². The number of thioether (sulfide) groups is 1. The highest BCUT2D eigenvalue weighted by Gasteiger charge is 2.36. The van der Waals surface area contributed by atoms with E-state index in [9.17, 15) is 5.26 Å². The number of hydrogen-bond acceptors (Lipinski definition) is 4. The maximum atomic E-state index is 9.35. The molecular formula is C15H20N2OS. The molecule has 0 saturated heterocycles. The van der Waals surface area contributed by atoms with Gasteiger partial charge < -0.3 is 10.1 Å². The van der Waals surface area contributed by atoms with Gasteiger partial charge in [0.15, 0.2) is 0 Å². The third-order valence-electron chi connectivity index (χ3n) is 3.74. The summed E-state index contributed by atoms with van der Waals surface area (Å²) >= 11 is 1.71. The molecule has 3 nitrogen and oxygen atoms in total. The summed E-state index contributed by atoms with van der Waals surface area (Å²) in [4.78, 5) is 1.05. The van der Waals surface area contributed by atoms with Crippen LogP contribution in [0.25, 0.3) is 0 Å². The number of rotatable bonds is 6. The van der Waals surface area contributed by atoms with Gasteiger partial charge in [0.05, 0.1) is 16.9 Å². The summed E-state index contributed by atoms with van der Waals surface area (Å²) in [7, 11) is 1.77. The molecule has 1 N–H and O–H groups in total. The van der Waals surface area contributed by atoms with Crippen molar-refractivity contribution < 1.29 is 4.74 Å². The molecule has 1 fully saturated rings. The van der Waals surface area contributed by atoms with E-state index in [2.05, 4.69) is 18.3 Å². The van der Waals surface area contributed by atoms with E-state index in [4.69, 9.17) is 4.74 Å². The van der Waals surface area contributed by atoms with Gasteiger partial charge in [-0.15, -0.1) is 11.8 Å². The molecule has 1 aliphatic rings. The Morgan fingerprint density at radius 2 is 2.26 bits per heavy atom. The topological polar surface area (TPSA) is 45.0 Å². The fraction of sp³-hybridized carbons (Fsp3) is 0.533. The Morgan fingerprint density at radius 1 is 1.47 bits per heavy atom. The monoisotopic (exact) mass is 276 g/mol. The first kappa shape index (κ1) is 14.2. The van der Waals surface area contributed by atoms with Crippen molar-refractivity contribution in [3.63, 3.8) is 0 Å². The molecule has 1 aliphatic carbocycles. The van der Waals surface area contributed by atoms with Crippen LogP contribution in [-0.2, 0) is 4.74 Å². The molecular weight excluding hydrogens is 256 g/mol. The summed E-state index contributed by atoms with van der Waals surface area (Å²) < 4.78 is 5.60. The maximum Gasteiger partial charge on any atom is 0.102 e. The maximum absolute atomic E-state index is 9.35. The quantitative estimate of drug-likeness (QED) is 0.806. The number of nitrogens with one attached hydrogen (secondary N) is 1. The number of ether oxygens (including phenoxy) is 1. The number of benzene rings is 1. The molecule has 0 heterocycles. The van der Waals surface area contributed by atoms with Gasteiger partial charge in [-0.2, -0.15) is 5.26 Å². The molecule has 0 unspecified atom stereocenters. The Balaban J connectivity index is 2.11. The summed E-state index contributed by atoms with van der Waals surface area (Å²) in [5.74, 6) is 0.972. The fourth-order valence-corrected chi connectivity index (χ4v) is 3.14. The normalized spacial score (nSPS) is 16.5. The Morgan fingerprint density at radius 3 is 2.79 bits per heavy atom. The molecule has 19 heavy (non-hydrogen) atoms. The zero-order valence-corrected chi connectivity index (χ0v) is 12.3. The van der Waals surface area contributed by atoms with Gasteiger partial charge in [-0.1, -0.05) is 13.0 Å². The zero-order chi connectivity index (χ0) is 13.7. The summed E-state index contributed by atoms with van der Waals surface area (Å²) in [5.41, 5.74) is 1.64. The van der Waals surface area contributed by atoms with Crippen LogP contribution in [-0.4, -0.2) is 25.0 Å². The summed E-state index contributed by atoms with van der Waals surface area (Å²) in [6, 6.07) is 8.30. The number of anilines is 1. The average molecular weight is 276 g/mol. The van der Waals surface area contributed by atoms with Crippen molar-refractivity contribution in [2.75, 3.05) is 24.7 Å². The molecule has 1 aromatic carbocycles. The highest BCUT2D eigenvalue weighted by atomic mass is 32.2. The second-order valence-corrected chi connectivity index (χ2v) is 6.12. The Kier molecular flexibility index (Phi) is 4.73. The van der Waals surface area contributed by atoms with Crippen molar-refractivity contribution in [2.24, 2.45) is 0 Å². The van der Waals surface area contributed by atoms with Crippen molar-refractivity contribution in [2.45, 2.75) is 36.7 Å². The smallest absolute Gasteiger partial charge is 0.102 e. The Labute approximate surface area is 119 Å². The highest BCUT2D eigenvalue weighted by Crippen LogP contribution is 2.36. The lowest BCUT2D eigenvalue weighted by Crippen LogP contribution is -2.45. The zero-order valence-electron chi connectivity index (χ0n) is 11.5. The fourth-order valence-electron chi connectivity index (χ4n) is 2.35. The SMILES string of the molecule is CCSc1cccc(NCC2(OC)CCC2)c1C#N. The van der Waals surface area contributed by atoms with Crippen LogP contribution < -0.4 is 5.32 Å². The molecule has 0 radical (unpaired) electrons. The minimum Gasteiger partial charge on any atom is -0.381 e. The molecule has 1 aromatic rings. The van der Waals surface area contributed by atoms with Gasteiger partial charge in [-0.25, -0.2) is 0 Å². The molecule has 0 amide bonds. The molecule has 4 heteroatoms. The van der Waals surface area contributed by atoms with Crippen molar-refractivity contribution in [3.05, 3.63) is 23.8 Å². The van der Waals surface area contributed by atoms with E-state index in [1.807, 2.05) is 18.2 Å². The molecule has 0 aliphatic heterocycles. The second-order valence-electron chi connectivity index (χ2n) is 4.82. The van der Waals surface area contributed by atoms with E-state index in [0.717, 1.165) is 41.3 Å². The van der Waals surface area contributed by atoms with E-state index in [1.54, 1.807) is 18.9 Å². The minimum absolute atomic E-state index is 0.0272. The lowest BCUT2D eigenvalue weighted by molar-refractivity contribution is -0.0601. The van der Waals surface area contributed by atoms with Crippen LogP contribution in [0.1, 0.15) is 31.7 Å². The van der Waals surface area contributed by atoms with E-state index < -0.39 is 0 Å². The van der Waals surface area contributed by atoms with Crippen molar-refractivity contribution in [3.8, 4) is 6.07 Å². The molecule has 0 atom stereocenters. The minimum atomic E-state index is -0.0272. The Hall–Kier alpha value is -1.18. The first-order valence-electron chi connectivity index (χ1n) is 6.69. The first-order chi connectivity index (χ1) is 9.24.